The SMILES string of the molecule is CC(C)Nc1ccc(C(=O)Nc2ccc(N(C)C)nn2)c(NC2CCC(C(=O)OC(C)(C)C)CC2)c1. The van der Waals surface area contributed by atoms with Crippen LogP contribution in [0, 0.1) is 5.92 Å². The predicted octanol–water partition coefficient (Wildman–Crippen LogP) is 4.93. The molecule has 1 aromatic carbocycles. The number of nitrogens with zero attached hydrogens (tertiary/aromatic N) is 3. The minimum absolute atomic E-state index is 0.0808. The Morgan fingerprint density at radius 2 is 1.72 bits per heavy atom. The number of rotatable bonds is 8. The normalized spacial score (nSPS) is 17.9. The quantitative estimate of drug-likeness (QED) is 0.442. The second kappa shape index (κ2) is 11.6. The van der Waals surface area contributed by atoms with Gasteiger partial charge in [0.2, 0.25) is 0 Å². The molecule has 1 aromatic heterocycles. The van der Waals surface area contributed by atoms with Crippen LogP contribution in [0.1, 0.15) is 70.7 Å². The van der Waals surface area contributed by atoms with E-state index in [0.29, 0.717) is 17.2 Å². The van der Waals surface area contributed by atoms with Crippen LogP contribution in [0.3, 0.4) is 0 Å². The molecule has 0 bridgehead atoms. The number of ether oxygens (including phenoxy) is 1. The summed E-state index contributed by atoms with van der Waals surface area (Å²) in [5, 5.41) is 18.1. The number of esters is 1. The molecule has 1 amide bonds. The zero-order valence-electron chi connectivity index (χ0n) is 22.5. The predicted molar refractivity (Wildman–Crippen MR) is 145 cm³/mol. The average Bonchev–Trinajstić information content (AvgIpc) is 2.78. The maximum absolute atomic E-state index is 13.2. The van der Waals surface area contributed by atoms with E-state index in [1.54, 1.807) is 12.1 Å². The maximum Gasteiger partial charge on any atom is 0.309 e. The third kappa shape index (κ3) is 7.83. The smallest absolute Gasteiger partial charge is 0.309 e. The van der Waals surface area contributed by atoms with Gasteiger partial charge in [-0.15, -0.1) is 10.2 Å². The largest absolute Gasteiger partial charge is 0.460 e. The lowest BCUT2D eigenvalue weighted by Crippen LogP contribution is -2.34. The number of aromatic nitrogens is 2. The summed E-state index contributed by atoms with van der Waals surface area (Å²) < 4.78 is 5.58. The summed E-state index contributed by atoms with van der Waals surface area (Å²) in [6.45, 7) is 9.82. The van der Waals surface area contributed by atoms with Crippen molar-refractivity contribution in [2.45, 2.75) is 78.0 Å². The van der Waals surface area contributed by atoms with E-state index in [0.717, 1.165) is 37.1 Å². The van der Waals surface area contributed by atoms with Crippen molar-refractivity contribution < 1.29 is 14.3 Å². The molecule has 9 heteroatoms. The summed E-state index contributed by atoms with van der Waals surface area (Å²) in [6, 6.07) is 9.64. The lowest BCUT2D eigenvalue weighted by Gasteiger charge is -2.31. The second-order valence-corrected chi connectivity index (χ2v) is 10.9. The van der Waals surface area contributed by atoms with E-state index in [1.807, 2.05) is 58.0 Å². The number of amides is 1. The Balaban J connectivity index is 1.72. The van der Waals surface area contributed by atoms with Gasteiger partial charge < -0.3 is 25.6 Å². The molecule has 3 N–H and O–H groups in total. The maximum atomic E-state index is 13.2. The first-order chi connectivity index (χ1) is 16.9. The topological polar surface area (TPSA) is 108 Å². The van der Waals surface area contributed by atoms with Crippen LogP contribution in [0.15, 0.2) is 30.3 Å². The first-order valence-corrected chi connectivity index (χ1v) is 12.6. The molecule has 0 radical (unpaired) electrons. The fourth-order valence-corrected chi connectivity index (χ4v) is 4.18. The van der Waals surface area contributed by atoms with Crippen molar-refractivity contribution in [3.05, 3.63) is 35.9 Å². The number of hydrogen-bond acceptors (Lipinski definition) is 8. The number of nitrogens with one attached hydrogen (secondary N) is 3. The van der Waals surface area contributed by atoms with Gasteiger partial charge >= 0.3 is 5.97 Å². The molecular formula is C27H40N6O3. The van der Waals surface area contributed by atoms with Gasteiger partial charge in [-0.1, -0.05) is 0 Å². The monoisotopic (exact) mass is 496 g/mol. The van der Waals surface area contributed by atoms with E-state index in [2.05, 4.69) is 40.0 Å². The number of carbonyl (C=O) groups is 2. The molecule has 0 saturated heterocycles. The van der Waals surface area contributed by atoms with E-state index in [4.69, 9.17) is 4.74 Å². The number of carbonyl (C=O) groups excluding carboxylic acids is 2. The third-order valence-electron chi connectivity index (χ3n) is 5.90. The van der Waals surface area contributed by atoms with Crippen molar-refractivity contribution in [1.29, 1.82) is 0 Å². The van der Waals surface area contributed by atoms with Crippen LogP contribution >= 0.6 is 0 Å². The Hall–Kier alpha value is -3.36. The molecule has 0 spiro atoms. The standard InChI is InChI=1S/C27H40N6O3/c1-17(2)28-20-12-13-21(25(34)30-23-14-15-24(32-31-23)33(6)7)22(16-20)29-19-10-8-18(9-11-19)26(35)36-27(3,4)5/h12-19,28-29H,8-11H2,1-7H3,(H,30,31,34). The van der Waals surface area contributed by atoms with E-state index >= 15 is 0 Å². The molecule has 0 atom stereocenters. The van der Waals surface area contributed by atoms with Crippen molar-refractivity contribution in [2.75, 3.05) is 34.9 Å². The molecule has 1 aliphatic carbocycles. The molecule has 36 heavy (non-hydrogen) atoms. The number of hydrogen-bond donors (Lipinski definition) is 3. The van der Waals surface area contributed by atoms with Crippen molar-refractivity contribution in [3.63, 3.8) is 0 Å². The molecule has 196 valence electrons. The van der Waals surface area contributed by atoms with Crippen LogP contribution in [0.2, 0.25) is 0 Å². The number of benzene rings is 1. The van der Waals surface area contributed by atoms with Crippen LogP contribution < -0.4 is 20.9 Å². The average molecular weight is 497 g/mol. The van der Waals surface area contributed by atoms with Crippen molar-refractivity contribution in [1.82, 2.24) is 10.2 Å². The van der Waals surface area contributed by atoms with Crippen molar-refractivity contribution in [3.8, 4) is 0 Å². The van der Waals surface area contributed by atoms with Crippen LogP contribution in [0.4, 0.5) is 23.0 Å². The van der Waals surface area contributed by atoms with Gasteiger partial charge in [-0.2, -0.15) is 0 Å². The lowest BCUT2D eigenvalue weighted by molar-refractivity contribution is -0.161. The Kier molecular flexibility index (Phi) is 8.76. The first kappa shape index (κ1) is 27.2. The summed E-state index contributed by atoms with van der Waals surface area (Å²) in [4.78, 5) is 27.5. The van der Waals surface area contributed by atoms with Gasteiger partial charge in [0.05, 0.1) is 11.5 Å². The first-order valence-electron chi connectivity index (χ1n) is 12.6. The Labute approximate surface area is 214 Å². The highest BCUT2D eigenvalue weighted by atomic mass is 16.6. The number of anilines is 4. The third-order valence-corrected chi connectivity index (χ3v) is 5.90. The highest BCUT2D eigenvalue weighted by Gasteiger charge is 2.30. The lowest BCUT2D eigenvalue weighted by atomic mass is 9.85. The zero-order valence-corrected chi connectivity index (χ0v) is 22.5. The van der Waals surface area contributed by atoms with Crippen LogP contribution in [-0.2, 0) is 9.53 Å². The molecule has 1 heterocycles. The summed E-state index contributed by atoms with van der Waals surface area (Å²) in [6.07, 6.45) is 3.16. The fraction of sp³-hybridized carbons (Fsp3) is 0.556. The molecule has 1 fully saturated rings. The summed E-state index contributed by atoms with van der Waals surface area (Å²) in [5.41, 5.74) is 1.73. The molecule has 2 aromatic rings. The fourth-order valence-electron chi connectivity index (χ4n) is 4.18. The Bertz CT molecular complexity index is 1040. The van der Waals surface area contributed by atoms with Crippen LogP contribution in [-0.4, -0.2) is 53.9 Å². The van der Waals surface area contributed by atoms with E-state index < -0.39 is 5.60 Å². The van der Waals surface area contributed by atoms with Gasteiger partial charge in [0.1, 0.15) is 5.60 Å². The zero-order chi connectivity index (χ0) is 26.5. The van der Waals surface area contributed by atoms with Gasteiger partial charge in [-0.3, -0.25) is 9.59 Å². The molecule has 0 unspecified atom stereocenters. The van der Waals surface area contributed by atoms with Gasteiger partial charge in [-0.05, 0) is 90.6 Å². The minimum atomic E-state index is -0.477. The molecule has 1 aliphatic rings. The summed E-state index contributed by atoms with van der Waals surface area (Å²) >= 11 is 0. The van der Waals surface area contributed by atoms with E-state index in [-0.39, 0.29) is 29.9 Å². The Morgan fingerprint density at radius 3 is 2.28 bits per heavy atom. The highest BCUT2D eigenvalue weighted by molar-refractivity contribution is 6.08. The molecule has 3 rings (SSSR count). The summed E-state index contributed by atoms with van der Waals surface area (Å²) in [7, 11) is 3.77. The Morgan fingerprint density at radius 1 is 1.03 bits per heavy atom. The van der Waals surface area contributed by atoms with Gasteiger partial charge in [0, 0.05) is 37.6 Å². The minimum Gasteiger partial charge on any atom is -0.460 e. The van der Waals surface area contributed by atoms with Gasteiger partial charge in [-0.25, -0.2) is 0 Å². The molecule has 0 aliphatic heterocycles. The van der Waals surface area contributed by atoms with Crippen LogP contribution in [0.5, 0.6) is 0 Å². The summed E-state index contributed by atoms with van der Waals surface area (Å²) in [5.74, 6) is 0.636. The van der Waals surface area contributed by atoms with Gasteiger partial charge in [0.25, 0.3) is 5.91 Å². The van der Waals surface area contributed by atoms with Crippen LogP contribution in [0.25, 0.3) is 0 Å². The second-order valence-electron chi connectivity index (χ2n) is 10.9. The van der Waals surface area contributed by atoms with E-state index in [1.165, 1.54) is 0 Å². The highest BCUT2D eigenvalue weighted by Crippen LogP contribution is 2.31. The molecule has 1 saturated carbocycles. The van der Waals surface area contributed by atoms with E-state index in [9.17, 15) is 9.59 Å². The molecule has 9 nitrogen and oxygen atoms in total. The van der Waals surface area contributed by atoms with Crippen molar-refractivity contribution >= 4 is 34.9 Å². The molecular weight excluding hydrogens is 456 g/mol. The van der Waals surface area contributed by atoms with Gasteiger partial charge in [0.15, 0.2) is 11.6 Å². The van der Waals surface area contributed by atoms with Crippen molar-refractivity contribution in [2.24, 2.45) is 5.92 Å².